The summed E-state index contributed by atoms with van der Waals surface area (Å²) in [6, 6.07) is 16.6. The second-order valence-electron chi connectivity index (χ2n) is 11.9. The van der Waals surface area contributed by atoms with Crippen LogP contribution in [0.15, 0.2) is 59.5 Å². The van der Waals surface area contributed by atoms with E-state index in [9.17, 15) is 28.1 Å². The fourth-order valence-corrected chi connectivity index (χ4v) is 7.59. The molecular formula is C33H41N5O6S2. The molecular weight excluding hydrogens is 627 g/mol. The Labute approximate surface area is 274 Å². The lowest BCUT2D eigenvalue weighted by Crippen LogP contribution is -2.49. The van der Waals surface area contributed by atoms with Crippen LogP contribution < -0.4 is 10.6 Å². The van der Waals surface area contributed by atoms with Gasteiger partial charge in [-0.05, 0) is 67.2 Å². The van der Waals surface area contributed by atoms with E-state index >= 15 is 0 Å². The highest BCUT2D eigenvalue weighted by Crippen LogP contribution is 2.27. The molecule has 1 saturated heterocycles. The number of fused-ring (bicyclic) bond motifs is 1. The summed E-state index contributed by atoms with van der Waals surface area (Å²) in [5.41, 5.74) is 0.0677. The summed E-state index contributed by atoms with van der Waals surface area (Å²) in [7, 11) is -2.45. The Morgan fingerprint density at radius 1 is 1.11 bits per heavy atom. The zero-order valence-electron chi connectivity index (χ0n) is 26.4. The Morgan fingerprint density at radius 2 is 1.80 bits per heavy atom. The first-order valence-electron chi connectivity index (χ1n) is 15.4. The van der Waals surface area contributed by atoms with Crippen LogP contribution in [0.5, 0.6) is 0 Å². The Morgan fingerprint density at radius 3 is 2.50 bits per heavy atom. The second-order valence-corrected chi connectivity index (χ2v) is 15.0. The number of nitriles is 1. The molecule has 0 aliphatic carbocycles. The smallest absolute Gasteiger partial charge is 0.409 e. The fraction of sp³-hybridized carbons (Fsp3) is 0.455. The number of nitrogens with one attached hydrogen (secondary N) is 2. The van der Waals surface area contributed by atoms with Crippen molar-refractivity contribution in [2.75, 3.05) is 39.8 Å². The molecule has 246 valence electrons. The summed E-state index contributed by atoms with van der Waals surface area (Å²) < 4.78 is 33.6. The third-order valence-electron chi connectivity index (χ3n) is 7.90. The average molecular weight is 668 g/mol. The van der Waals surface area contributed by atoms with E-state index in [1.54, 1.807) is 17.0 Å². The summed E-state index contributed by atoms with van der Waals surface area (Å²) in [5.74, 6) is -0.342. The minimum atomic E-state index is -3.89. The average Bonchev–Trinajstić information content (AvgIpc) is 3.50. The normalized spacial score (nSPS) is 14.7. The lowest BCUT2D eigenvalue weighted by molar-refractivity contribution is -0.123. The summed E-state index contributed by atoms with van der Waals surface area (Å²) in [6.07, 6.45) is 1.74. The van der Waals surface area contributed by atoms with E-state index in [-0.39, 0.29) is 53.3 Å². The van der Waals surface area contributed by atoms with Crippen LogP contribution in [0, 0.1) is 23.2 Å². The van der Waals surface area contributed by atoms with E-state index in [1.165, 1.54) is 30.5 Å². The summed E-state index contributed by atoms with van der Waals surface area (Å²) in [6.45, 7) is 5.65. The molecule has 0 saturated carbocycles. The molecule has 1 aliphatic rings. The Balaban J connectivity index is 1.36. The second kappa shape index (κ2) is 16.0. The van der Waals surface area contributed by atoms with Crippen molar-refractivity contribution in [3.8, 4) is 6.07 Å². The van der Waals surface area contributed by atoms with Crippen molar-refractivity contribution < 1.29 is 27.5 Å². The van der Waals surface area contributed by atoms with E-state index in [0.717, 1.165) is 14.4 Å². The van der Waals surface area contributed by atoms with Crippen LogP contribution in [0.25, 0.3) is 10.1 Å². The van der Waals surface area contributed by atoms with Gasteiger partial charge in [-0.25, -0.2) is 17.5 Å². The maximum Gasteiger partial charge on any atom is 0.409 e. The number of thiophene rings is 1. The van der Waals surface area contributed by atoms with Gasteiger partial charge in [-0.3, -0.25) is 9.59 Å². The predicted molar refractivity (Wildman–Crippen MR) is 177 cm³/mol. The largest absolute Gasteiger partial charge is 0.449 e. The quantitative estimate of drug-likeness (QED) is 0.253. The molecule has 46 heavy (non-hydrogen) atoms. The van der Waals surface area contributed by atoms with Gasteiger partial charge in [0.05, 0.1) is 21.9 Å². The van der Waals surface area contributed by atoms with E-state index in [4.69, 9.17) is 4.74 Å². The molecule has 3 amide bonds. The summed E-state index contributed by atoms with van der Waals surface area (Å²) in [5, 5.41) is 16.1. The van der Waals surface area contributed by atoms with Gasteiger partial charge in [0.25, 0.3) is 5.91 Å². The van der Waals surface area contributed by atoms with Crippen LogP contribution in [-0.2, 0) is 19.6 Å². The molecule has 0 radical (unpaired) electrons. The third-order valence-corrected chi connectivity index (χ3v) is 10.9. The van der Waals surface area contributed by atoms with Crippen molar-refractivity contribution in [2.45, 2.75) is 50.5 Å². The Hall–Kier alpha value is -3.99. The van der Waals surface area contributed by atoms with Gasteiger partial charge in [0.15, 0.2) is 0 Å². The molecule has 0 unspecified atom stereocenters. The number of carbonyl (C=O) groups excluding carboxylic acids is 3. The maximum absolute atomic E-state index is 13.4. The van der Waals surface area contributed by atoms with Gasteiger partial charge < -0.3 is 20.3 Å². The van der Waals surface area contributed by atoms with Crippen LogP contribution in [0.4, 0.5) is 4.79 Å². The lowest BCUT2D eigenvalue weighted by Gasteiger charge is -2.33. The Bertz CT molecular complexity index is 1640. The van der Waals surface area contributed by atoms with Gasteiger partial charge in [-0.1, -0.05) is 44.2 Å². The van der Waals surface area contributed by atoms with E-state index in [2.05, 4.69) is 10.6 Å². The Kier molecular flexibility index (Phi) is 12.1. The zero-order valence-corrected chi connectivity index (χ0v) is 28.0. The summed E-state index contributed by atoms with van der Waals surface area (Å²) in [4.78, 5) is 41.3. The van der Waals surface area contributed by atoms with Crippen molar-refractivity contribution in [3.05, 3.63) is 65.0 Å². The van der Waals surface area contributed by atoms with Crippen molar-refractivity contribution >= 4 is 49.4 Å². The minimum Gasteiger partial charge on any atom is -0.449 e. The SMILES string of the molecule is CC(C)COC(=O)N1CCC(C[C@H](NC(=O)c2cc3ccccc3s2)C(=O)NCCCN(C)S(=O)(=O)c2ccccc2C#N)CC1. The molecule has 13 heteroatoms. The highest BCUT2D eigenvalue weighted by atomic mass is 32.2. The van der Waals surface area contributed by atoms with Gasteiger partial charge in [0.1, 0.15) is 12.1 Å². The minimum absolute atomic E-state index is 0.0627. The van der Waals surface area contributed by atoms with Gasteiger partial charge in [0, 0.05) is 37.9 Å². The topological polar surface area (TPSA) is 149 Å². The predicted octanol–water partition coefficient (Wildman–Crippen LogP) is 4.59. The number of benzene rings is 2. The first-order chi connectivity index (χ1) is 22.0. The molecule has 1 aromatic heterocycles. The summed E-state index contributed by atoms with van der Waals surface area (Å²) >= 11 is 1.36. The van der Waals surface area contributed by atoms with Crippen LogP contribution in [0.2, 0.25) is 0 Å². The monoisotopic (exact) mass is 667 g/mol. The standard InChI is InChI=1S/C33H41N5O6S2/c1-23(2)22-44-33(41)38-17-13-24(14-18-38)19-27(36-32(40)29-20-25-9-4-6-11-28(25)45-29)31(39)35-15-8-16-37(3)46(42,43)30-12-7-5-10-26(30)21-34/h4-7,9-12,20,23-24,27H,8,13-19,22H2,1-3H3,(H,35,39)(H,36,40)/t27-/m0/s1. The van der Waals surface area contributed by atoms with Crippen molar-refractivity contribution in [3.63, 3.8) is 0 Å². The van der Waals surface area contributed by atoms with E-state index in [1.807, 2.05) is 50.2 Å². The fourth-order valence-electron chi connectivity index (χ4n) is 5.28. The highest BCUT2D eigenvalue weighted by molar-refractivity contribution is 7.89. The van der Waals surface area contributed by atoms with Crippen LogP contribution in [0.3, 0.4) is 0 Å². The number of hydrogen-bond donors (Lipinski definition) is 2. The molecule has 1 fully saturated rings. The number of amides is 3. The van der Waals surface area contributed by atoms with Crippen LogP contribution in [0.1, 0.15) is 54.8 Å². The van der Waals surface area contributed by atoms with E-state index < -0.39 is 16.1 Å². The van der Waals surface area contributed by atoms with Gasteiger partial charge >= 0.3 is 6.09 Å². The number of rotatable bonds is 13. The molecule has 4 rings (SSSR count). The first kappa shape index (κ1) is 34.9. The number of likely N-dealkylation sites (tertiary alicyclic amines) is 1. The van der Waals surface area contributed by atoms with Gasteiger partial charge in [-0.15, -0.1) is 11.3 Å². The number of piperidine rings is 1. The molecule has 1 aliphatic heterocycles. The zero-order chi connectivity index (χ0) is 33.3. The van der Waals surface area contributed by atoms with Gasteiger partial charge in [0.2, 0.25) is 15.9 Å². The van der Waals surface area contributed by atoms with Crippen molar-refractivity contribution in [1.82, 2.24) is 19.8 Å². The molecule has 2 N–H and O–H groups in total. The molecule has 2 aromatic carbocycles. The highest BCUT2D eigenvalue weighted by Gasteiger charge is 2.30. The maximum atomic E-state index is 13.4. The van der Waals surface area contributed by atoms with E-state index in [0.29, 0.717) is 50.3 Å². The van der Waals surface area contributed by atoms with Crippen LogP contribution in [-0.4, -0.2) is 81.4 Å². The van der Waals surface area contributed by atoms with Crippen molar-refractivity contribution in [2.24, 2.45) is 11.8 Å². The molecule has 3 aromatic rings. The number of hydrogen-bond acceptors (Lipinski definition) is 8. The van der Waals surface area contributed by atoms with Gasteiger partial charge in [-0.2, -0.15) is 5.26 Å². The molecule has 0 spiro atoms. The molecule has 1 atom stereocenters. The lowest BCUT2D eigenvalue weighted by atomic mass is 9.90. The number of nitrogens with zero attached hydrogens (tertiary/aromatic N) is 3. The molecule has 0 bridgehead atoms. The first-order valence-corrected chi connectivity index (χ1v) is 17.7. The number of sulfonamides is 1. The number of carbonyl (C=O) groups is 3. The van der Waals surface area contributed by atoms with Crippen molar-refractivity contribution in [1.29, 1.82) is 5.26 Å². The third kappa shape index (κ3) is 9.05. The van der Waals surface area contributed by atoms with Crippen LogP contribution >= 0.6 is 11.3 Å². The molecule has 2 heterocycles. The molecule has 11 nitrogen and oxygen atoms in total. The number of ether oxygens (including phenoxy) is 1.